The first-order chi connectivity index (χ1) is 5.64. The van der Waals surface area contributed by atoms with Crippen LogP contribution in [0.4, 0.5) is 0 Å². The van der Waals surface area contributed by atoms with Crippen LogP contribution >= 0.6 is 7.49 Å². The summed E-state index contributed by atoms with van der Waals surface area (Å²) in [4.78, 5) is 11.1. The standard InChI is InChI=1S/C9H20O2P/c1-5-9(10)11-12(6-2,7-3)8-4/h5-8H2,1-4H3/q+1. The zero-order valence-corrected chi connectivity index (χ0v) is 9.49. The van der Waals surface area contributed by atoms with Gasteiger partial charge in [-0.15, -0.1) is 0 Å². The molecule has 0 heterocycles. The van der Waals surface area contributed by atoms with Gasteiger partial charge in [0.15, 0.2) is 7.49 Å². The lowest BCUT2D eigenvalue weighted by molar-refractivity contribution is -0.133. The van der Waals surface area contributed by atoms with Crippen molar-refractivity contribution < 1.29 is 9.32 Å². The summed E-state index contributed by atoms with van der Waals surface area (Å²) in [5, 5.41) is 0. The molecule has 72 valence electrons. The highest BCUT2D eigenvalue weighted by atomic mass is 31.2. The predicted octanol–water partition coefficient (Wildman–Crippen LogP) is 2.93. The Balaban J connectivity index is 4.19. The summed E-state index contributed by atoms with van der Waals surface area (Å²) in [7, 11) is -1.36. The van der Waals surface area contributed by atoms with E-state index < -0.39 is 7.49 Å². The van der Waals surface area contributed by atoms with E-state index in [4.69, 9.17) is 4.52 Å². The van der Waals surface area contributed by atoms with Gasteiger partial charge in [-0.2, -0.15) is 0 Å². The highest BCUT2D eigenvalue weighted by Crippen LogP contribution is 2.58. The maximum atomic E-state index is 11.1. The van der Waals surface area contributed by atoms with Gasteiger partial charge in [-0.05, 0) is 20.8 Å². The Kier molecular flexibility index (Phi) is 5.48. The van der Waals surface area contributed by atoms with Crippen LogP contribution in [0.5, 0.6) is 0 Å². The van der Waals surface area contributed by atoms with Crippen molar-refractivity contribution in [3.8, 4) is 0 Å². The van der Waals surface area contributed by atoms with E-state index >= 15 is 0 Å². The summed E-state index contributed by atoms with van der Waals surface area (Å²) >= 11 is 0. The molecule has 0 bridgehead atoms. The van der Waals surface area contributed by atoms with E-state index in [0.29, 0.717) is 6.42 Å². The molecule has 0 aromatic carbocycles. The van der Waals surface area contributed by atoms with Crippen molar-refractivity contribution in [2.45, 2.75) is 34.1 Å². The van der Waals surface area contributed by atoms with Crippen molar-refractivity contribution in [3.05, 3.63) is 0 Å². The summed E-state index contributed by atoms with van der Waals surface area (Å²) in [6.07, 6.45) is 3.56. The molecule has 0 saturated carbocycles. The van der Waals surface area contributed by atoms with Crippen molar-refractivity contribution in [2.24, 2.45) is 0 Å². The first-order valence-electron chi connectivity index (χ1n) is 4.72. The molecule has 0 aliphatic carbocycles. The molecule has 0 atom stereocenters. The Morgan fingerprint density at radius 2 is 1.50 bits per heavy atom. The molecule has 0 aliphatic rings. The van der Waals surface area contributed by atoms with Crippen LogP contribution in [0.15, 0.2) is 0 Å². The Morgan fingerprint density at radius 1 is 1.08 bits per heavy atom. The van der Waals surface area contributed by atoms with Gasteiger partial charge in [0.05, 0.1) is 18.5 Å². The highest BCUT2D eigenvalue weighted by Gasteiger charge is 2.36. The summed E-state index contributed by atoms with van der Waals surface area (Å²) in [5.41, 5.74) is 0. The molecule has 0 N–H and O–H groups in total. The third kappa shape index (κ3) is 3.10. The predicted molar refractivity (Wildman–Crippen MR) is 54.9 cm³/mol. The molecular formula is C9H20O2P+. The van der Waals surface area contributed by atoms with Gasteiger partial charge in [0.2, 0.25) is 0 Å². The summed E-state index contributed by atoms with van der Waals surface area (Å²) < 4.78 is 5.51. The fourth-order valence-electron chi connectivity index (χ4n) is 1.15. The smallest absolute Gasteiger partial charge is 0.313 e. The monoisotopic (exact) mass is 191 g/mol. The zero-order chi connectivity index (χ0) is 9.61. The third-order valence-corrected chi connectivity index (χ3v) is 6.36. The normalized spacial score (nSPS) is 11.3. The lowest BCUT2D eigenvalue weighted by Gasteiger charge is -2.20. The molecule has 0 amide bonds. The molecule has 0 fully saturated rings. The molecule has 0 radical (unpaired) electrons. The molecule has 0 rings (SSSR count). The van der Waals surface area contributed by atoms with Crippen LogP contribution in [0.2, 0.25) is 0 Å². The molecule has 0 saturated heterocycles. The number of carbonyl (C=O) groups is 1. The van der Waals surface area contributed by atoms with E-state index in [1.54, 1.807) is 0 Å². The Morgan fingerprint density at radius 3 is 1.75 bits per heavy atom. The Bertz CT molecular complexity index is 133. The van der Waals surface area contributed by atoms with Crippen LogP contribution in [0.3, 0.4) is 0 Å². The zero-order valence-electron chi connectivity index (χ0n) is 8.59. The van der Waals surface area contributed by atoms with E-state index in [9.17, 15) is 4.79 Å². The van der Waals surface area contributed by atoms with Gasteiger partial charge in [-0.3, -0.25) is 0 Å². The van der Waals surface area contributed by atoms with Gasteiger partial charge in [-0.1, -0.05) is 6.92 Å². The first-order valence-corrected chi connectivity index (χ1v) is 6.98. The quantitative estimate of drug-likeness (QED) is 0.624. The molecule has 0 unspecified atom stereocenters. The van der Waals surface area contributed by atoms with E-state index in [2.05, 4.69) is 20.8 Å². The number of hydrogen-bond donors (Lipinski definition) is 0. The van der Waals surface area contributed by atoms with Crippen molar-refractivity contribution >= 4 is 13.5 Å². The third-order valence-electron chi connectivity index (χ3n) is 2.31. The first kappa shape index (κ1) is 11.9. The number of carbonyl (C=O) groups excluding carboxylic acids is 1. The molecule has 0 aromatic heterocycles. The number of rotatable bonds is 5. The minimum absolute atomic E-state index is 0.0334. The summed E-state index contributed by atoms with van der Waals surface area (Å²) in [6.45, 7) is 8.19. The maximum absolute atomic E-state index is 11.1. The number of hydrogen-bond acceptors (Lipinski definition) is 2. The van der Waals surface area contributed by atoms with Gasteiger partial charge in [0.1, 0.15) is 0 Å². The lowest BCUT2D eigenvalue weighted by atomic mass is 10.5. The summed E-state index contributed by atoms with van der Waals surface area (Å²) in [5.74, 6) is -0.0334. The van der Waals surface area contributed by atoms with Crippen molar-refractivity contribution in [2.75, 3.05) is 18.5 Å². The van der Waals surface area contributed by atoms with Crippen LogP contribution < -0.4 is 0 Å². The molecule has 0 spiro atoms. The van der Waals surface area contributed by atoms with Crippen molar-refractivity contribution in [1.82, 2.24) is 0 Å². The van der Waals surface area contributed by atoms with Gasteiger partial charge in [0, 0.05) is 6.42 Å². The van der Waals surface area contributed by atoms with Crippen molar-refractivity contribution in [1.29, 1.82) is 0 Å². The van der Waals surface area contributed by atoms with Gasteiger partial charge >= 0.3 is 5.97 Å². The molecular weight excluding hydrogens is 171 g/mol. The largest absolute Gasteiger partial charge is 0.349 e. The topological polar surface area (TPSA) is 26.3 Å². The fraction of sp³-hybridized carbons (Fsp3) is 0.889. The van der Waals surface area contributed by atoms with Gasteiger partial charge in [-0.25, -0.2) is 4.79 Å². The molecule has 2 nitrogen and oxygen atoms in total. The molecule has 12 heavy (non-hydrogen) atoms. The minimum atomic E-state index is -1.36. The SMILES string of the molecule is CCC(=O)O[P+](CC)(CC)CC. The Hall–Kier alpha value is -0.100. The van der Waals surface area contributed by atoms with E-state index in [1.165, 1.54) is 0 Å². The van der Waals surface area contributed by atoms with Crippen LogP contribution in [0, 0.1) is 0 Å². The minimum Gasteiger partial charge on any atom is -0.313 e. The van der Waals surface area contributed by atoms with Crippen LogP contribution in [0.1, 0.15) is 34.1 Å². The second kappa shape index (κ2) is 5.53. The molecule has 3 heteroatoms. The average molecular weight is 191 g/mol. The fourth-order valence-corrected chi connectivity index (χ4v) is 3.44. The van der Waals surface area contributed by atoms with Gasteiger partial charge < -0.3 is 4.52 Å². The van der Waals surface area contributed by atoms with E-state index in [0.717, 1.165) is 18.5 Å². The van der Waals surface area contributed by atoms with E-state index in [1.807, 2.05) is 6.92 Å². The van der Waals surface area contributed by atoms with Crippen molar-refractivity contribution in [3.63, 3.8) is 0 Å². The summed E-state index contributed by atoms with van der Waals surface area (Å²) in [6, 6.07) is 0. The average Bonchev–Trinajstić information content (AvgIpc) is 2.14. The van der Waals surface area contributed by atoms with Crippen LogP contribution in [-0.2, 0) is 9.32 Å². The molecule has 0 aliphatic heterocycles. The van der Waals surface area contributed by atoms with Crippen LogP contribution in [-0.4, -0.2) is 24.5 Å². The lowest BCUT2D eigenvalue weighted by Crippen LogP contribution is -2.11. The maximum Gasteiger partial charge on any atom is 0.349 e. The second-order valence-corrected chi connectivity index (χ2v) is 7.02. The highest BCUT2D eigenvalue weighted by molar-refractivity contribution is 7.71. The van der Waals surface area contributed by atoms with E-state index in [-0.39, 0.29) is 5.97 Å². The molecule has 0 aromatic rings. The van der Waals surface area contributed by atoms with Crippen LogP contribution in [0.25, 0.3) is 0 Å². The second-order valence-electron chi connectivity index (χ2n) is 2.82. The van der Waals surface area contributed by atoms with Gasteiger partial charge in [0.25, 0.3) is 0 Å². The Labute approximate surface area is 76.1 Å².